The molecule has 2 N–H and O–H groups in total. The molecule has 1 unspecified atom stereocenters. The van der Waals surface area contributed by atoms with E-state index < -0.39 is 27.1 Å². The van der Waals surface area contributed by atoms with Crippen LogP contribution in [0.4, 0.5) is 0 Å². The topological polar surface area (TPSA) is 86.7 Å². The van der Waals surface area contributed by atoms with Crippen molar-refractivity contribution < 1.29 is 18.3 Å². The molecule has 0 bridgehead atoms. The molecule has 1 atom stereocenters. The van der Waals surface area contributed by atoms with Crippen LogP contribution in [-0.2, 0) is 15.0 Å². The molecule has 0 radical (unpaired) electrons. The maximum absolute atomic E-state index is 12.2. The van der Waals surface area contributed by atoms with Crippen LogP contribution in [0, 0.1) is 5.41 Å². The highest BCUT2D eigenvalue weighted by molar-refractivity contribution is 7.87. The second kappa shape index (κ2) is 5.38. The minimum absolute atomic E-state index is 0.0571. The van der Waals surface area contributed by atoms with Crippen LogP contribution in [0.3, 0.4) is 0 Å². The molecule has 0 spiro atoms. The Labute approximate surface area is 115 Å². The van der Waals surface area contributed by atoms with Crippen molar-refractivity contribution in [1.29, 1.82) is 0 Å². The Morgan fingerprint density at radius 3 is 2.42 bits per heavy atom. The highest BCUT2D eigenvalue weighted by Gasteiger charge is 2.47. The lowest BCUT2D eigenvalue weighted by Gasteiger charge is -2.27. The molecule has 0 aliphatic carbocycles. The molecule has 6 nitrogen and oxygen atoms in total. The van der Waals surface area contributed by atoms with Gasteiger partial charge < -0.3 is 5.11 Å². The molecule has 112 valence electrons. The van der Waals surface area contributed by atoms with Crippen LogP contribution in [0.15, 0.2) is 0 Å². The molecule has 1 aliphatic rings. The number of hydrogen-bond donors (Lipinski definition) is 2. The van der Waals surface area contributed by atoms with E-state index >= 15 is 0 Å². The van der Waals surface area contributed by atoms with Gasteiger partial charge in [0.2, 0.25) is 0 Å². The van der Waals surface area contributed by atoms with Crippen molar-refractivity contribution in [2.24, 2.45) is 5.41 Å². The number of carboxylic acid groups (broad SMARTS) is 1. The van der Waals surface area contributed by atoms with Crippen LogP contribution in [0.2, 0.25) is 0 Å². The molecule has 0 aromatic carbocycles. The number of hydrogen-bond acceptors (Lipinski definition) is 3. The van der Waals surface area contributed by atoms with E-state index in [1.54, 1.807) is 20.8 Å². The van der Waals surface area contributed by atoms with Gasteiger partial charge in [-0.25, -0.2) is 0 Å². The fourth-order valence-electron chi connectivity index (χ4n) is 2.46. The monoisotopic (exact) mass is 292 g/mol. The van der Waals surface area contributed by atoms with Crippen LogP contribution in [0.5, 0.6) is 0 Å². The third kappa shape index (κ3) is 3.90. The van der Waals surface area contributed by atoms with Crippen molar-refractivity contribution in [2.75, 3.05) is 13.1 Å². The lowest BCUT2D eigenvalue weighted by molar-refractivity contribution is -0.148. The van der Waals surface area contributed by atoms with Gasteiger partial charge in [-0.1, -0.05) is 13.3 Å². The van der Waals surface area contributed by atoms with Gasteiger partial charge in [-0.2, -0.15) is 17.4 Å². The zero-order valence-electron chi connectivity index (χ0n) is 12.1. The average Bonchev–Trinajstić information content (AvgIpc) is 2.60. The second-order valence-corrected chi connectivity index (χ2v) is 7.95. The van der Waals surface area contributed by atoms with Crippen molar-refractivity contribution in [2.45, 2.75) is 52.5 Å². The van der Waals surface area contributed by atoms with Gasteiger partial charge in [0.25, 0.3) is 10.2 Å². The smallest absolute Gasteiger partial charge is 0.311 e. The number of nitrogens with zero attached hydrogens (tertiary/aromatic N) is 1. The Morgan fingerprint density at radius 1 is 1.42 bits per heavy atom. The normalized spacial score (nSPS) is 25.7. The number of carboxylic acids is 1. The maximum Gasteiger partial charge on any atom is 0.311 e. The van der Waals surface area contributed by atoms with E-state index in [4.69, 9.17) is 0 Å². The van der Waals surface area contributed by atoms with Crippen LogP contribution < -0.4 is 4.72 Å². The maximum atomic E-state index is 12.2. The molecule has 1 saturated heterocycles. The van der Waals surface area contributed by atoms with E-state index in [-0.39, 0.29) is 13.1 Å². The first kappa shape index (κ1) is 16.4. The standard InChI is InChI=1S/C12H24N2O4S/c1-5-6-12(10(15)16)7-8-14(9-12)19(17,18)13-11(2,3)4/h13H,5-9H2,1-4H3,(H,15,16). The second-order valence-electron chi connectivity index (χ2n) is 6.28. The number of rotatable bonds is 5. The largest absolute Gasteiger partial charge is 0.481 e. The molecule has 1 rings (SSSR count). The molecule has 19 heavy (non-hydrogen) atoms. The van der Waals surface area contributed by atoms with Gasteiger partial charge in [0.05, 0.1) is 5.41 Å². The van der Waals surface area contributed by atoms with Crippen molar-refractivity contribution in [3.63, 3.8) is 0 Å². The van der Waals surface area contributed by atoms with Crippen LogP contribution in [-0.4, -0.2) is 42.4 Å². The van der Waals surface area contributed by atoms with Crippen molar-refractivity contribution in [3.05, 3.63) is 0 Å². The Balaban J connectivity index is 2.88. The van der Waals surface area contributed by atoms with Gasteiger partial charge in [-0.3, -0.25) is 4.79 Å². The van der Waals surface area contributed by atoms with Gasteiger partial charge in [-0.05, 0) is 33.6 Å². The van der Waals surface area contributed by atoms with E-state index in [0.29, 0.717) is 12.8 Å². The highest BCUT2D eigenvalue weighted by atomic mass is 32.2. The Hall–Kier alpha value is -0.660. The van der Waals surface area contributed by atoms with Gasteiger partial charge in [0.1, 0.15) is 0 Å². The van der Waals surface area contributed by atoms with Gasteiger partial charge in [0, 0.05) is 18.6 Å². The minimum atomic E-state index is -3.62. The summed E-state index contributed by atoms with van der Waals surface area (Å²) in [5, 5.41) is 9.37. The van der Waals surface area contributed by atoms with E-state index in [1.807, 2.05) is 6.92 Å². The van der Waals surface area contributed by atoms with Crippen molar-refractivity contribution in [1.82, 2.24) is 9.03 Å². The predicted molar refractivity (Wildman–Crippen MR) is 73.0 cm³/mol. The summed E-state index contributed by atoms with van der Waals surface area (Å²) in [6.45, 7) is 7.51. The lowest BCUT2D eigenvalue weighted by Crippen LogP contribution is -2.49. The molecular weight excluding hydrogens is 268 g/mol. The Kier molecular flexibility index (Phi) is 4.64. The summed E-state index contributed by atoms with van der Waals surface area (Å²) in [6.07, 6.45) is 1.61. The zero-order chi connectivity index (χ0) is 14.9. The van der Waals surface area contributed by atoms with Crippen LogP contribution in [0.1, 0.15) is 47.0 Å². The molecule has 1 aliphatic heterocycles. The molecule has 1 heterocycles. The Bertz CT molecular complexity index is 441. The zero-order valence-corrected chi connectivity index (χ0v) is 12.9. The van der Waals surface area contributed by atoms with E-state index in [0.717, 1.165) is 6.42 Å². The minimum Gasteiger partial charge on any atom is -0.481 e. The summed E-state index contributed by atoms with van der Waals surface area (Å²) < 4.78 is 28.2. The first-order chi connectivity index (χ1) is 8.52. The molecule has 0 amide bonds. The summed E-state index contributed by atoms with van der Waals surface area (Å²) in [5.74, 6) is -0.900. The lowest BCUT2D eigenvalue weighted by atomic mass is 9.83. The molecule has 1 fully saturated rings. The number of aliphatic carboxylic acids is 1. The number of nitrogens with one attached hydrogen (secondary N) is 1. The summed E-state index contributed by atoms with van der Waals surface area (Å²) in [6, 6.07) is 0. The van der Waals surface area contributed by atoms with Crippen molar-refractivity contribution >= 4 is 16.2 Å². The molecule has 0 aromatic heterocycles. The molecule has 7 heteroatoms. The summed E-state index contributed by atoms with van der Waals surface area (Å²) in [5.41, 5.74) is -1.50. The Morgan fingerprint density at radius 2 is 2.00 bits per heavy atom. The SMILES string of the molecule is CCCC1(C(=O)O)CCN(S(=O)(=O)NC(C)(C)C)C1. The predicted octanol–water partition coefficient (Wildman–Crippen LogP) is 1.20. The van der Waals surface area contributed by atoms with Crippen molar-refractivity contribution in [3.8, 4) is 0 Å². The first-order valence-corrected chi connectivity index (χ1v) is 7.99. The summed E-state index contributed by atoms with van der Waals surface area (Å²) in [7, 11) is -3.62. The van der Waals surface area contributed by atoms with Crippen LogP contribution >= 0.6 is 0 Å². The third-order valence-corrected chi connectivity index (χ3v) is 5.14. The van der Waals surface area contributed by atoms with E-state index in [9.17, 15) is 18.3 Å². The first-order valence-electron chi connectivity index (χ1n) is 6.55. The summed E-state index contributed by atoms with van der Waals surface area (Å²) in [4.78, 5) is 11.4. The van der Waals surface area contributed by atoms with E-state index in [1.165, 1.54) is 4.31 Å². The number of carbonyl (C=O) groups is 1. The quantitative estimate of drug-likeness (QED) is 0.797. The van der Waals surface area contributed by atoms with Gasteiger partial charge >= 0.3 is 5.97 Å². The molecule has 0 saturated carbocycles. The fourth-order valence-corrected chi connectivity index (χ4v) is 4.11. The summed E-state index contributed by atoms with van der Waals surface area (Å²) >= 11 is 0. The third-order valence-electron chi connectivity index (χ3n) is 3.28. The van der Waals surface area contributed by atoms with E-state index in [2.05, 4.69) is 4.72 Å². The van der Waals surface area contributed by atoms with Crippen LogP contribution in [0.25, 0.3) is 0 Å². The van der Waals surface area contributed by atoms with Gasteiger partial charge in [-0.15, -0.1) is 0 Å². The average molecular weight is 292 g/mol. The fraction of sp³-hybridized carbons (Fsp3) is 0.917. The molecule has 0 aromatic rings. The highest BCUT2D eigenvalue weighted by Crippen LogP contribution is 2.36. The molecular formula is C12H24N2O4S. The van der Waals surface area contributed by atoms with Gasteiger partial charge in [0.15, 0.2) is 0 Å².